The van der Waals surface area contributed by atoms with Gasteiger partial charge in [0.25, 0.3) is 0 Å². The highest BCUT2D eigenvalue weighted by Gasteiger charge is 2.74. The third kappa shape index (κ3) is 6.83. The molecule has 0 aromatic rings. The van der Waals surface area contributed by atoms with Crippen LogP contribution >= 0.6 is 0 Å². The molecule has 0 aromatic heterocycles. The van der Waals surface area contributed by atoms with Crippen LogP contribution in [0.15, 0.2) is 11.6 Å². The van der Waals surface area contributed by atoms with Crippen LogP contribution in [-0.4, -0.2) is 170 Å². The molecule has 4 aliphatic heterocycles. The molecule has 0 aromatic carbocycles. The van der Waals surface area contributed by atoms with Crippen molar-refractivity contribution in [3.63, 3.8) is 0 Å². The summed E-state index contributed by atoms with van der Waals surface area (Å²) in [5.41, 5.74) is -0.746. The van der Waals surface area contributed by atoms with Crippen molar-refractivity contribution in [3.8, 4) is 0 Å². The van der Waals surface area contributed by atoms with Crippen molar-refractivity contribution in [3.05, 3.63) is 11.6 Å². The number of aliphatic hydroxyl groups excluding tert-OH is 9. The Hall–Kier alpha value is -1.39. The molecule has 0 amide bonds. The van der Waals surface area contributed by atoms with Gasteiger partial charge >= 0.3 is 5.97 Å². The molecule has 17 heteroatoms. The van der Waals surface area contributed by atoms with Crippen molar-refractivity contribution in [2.24, 2.45) is 50.2 Å². The highest BCUT2D eigenvalue weighted by molar-refractivity contribution is 5.82. The third-order valence-corrected chi connectivity index (χ3v) is 19.0. The Morgan fingerprint density at radius 3 is 2.08 bits per heavy atom. The van der Waals surface area contributed by atoms with Crippen LogP contribution in [0.25, 0.3) is 0 Å². The molecule has 4 heterocycles. The second-order valence-electron chi connectivity index (χ2n) is 22.8. The quantitative estimate of drug-likeness (QED) is 0.0952. The lowest BCUT2D eigenvalue weighted by Crippen LogP contribution is -2.67. The number of fused-ring (bicyclic) bond motifs is 7. The van der Waals surface area contributed by atoms with E-state index in [-0.39, 0.29) is 64.7 Å². The van der Waals surface area contributed by atoms with Crippen LogP contribution in [0.4, 0.5) is 0 Å². The minimum Gasteiger partial charge on any atom is -0.461 e. The monoisotopic (exact) mass is 896 g/mol. The number of carbonyl (C=O) groups is 1. The molecule has 4 saturated heterocycles. The Labute approximate surface area is 369 Å². The largest absolute Gasteiger partial charge is 0.461 e. The first kappa shape index (κ1) is 46.7. The lowest BCUT2D eigenvalue weighted by atomic mass is 9.33. The summed E-state index contributed by atoms with van der Waals surface area (Å²) in [6.45, 7) is 14.8. The molecule has 4 saturated carbocycles. The summed E-state index contributed by atoms with van der Waals surface area (Å²) >= 11 is 0. The van der Waals surface area contributed by atoms with Crippen LogP contribution in [0.2, 0.25) is 0 Å². The lowest BCUT2D eigenvalue weighted by Gasteiger charge is -2.71. The second-order valence-corrected chi connectivity index (χ2v) is 22.8. The van der Waals surface area contributed by atoms with Gasteiger partial charge in [-0.15, -0.1) is 0 Å². The van der Waals surface area contributed by atoms with Crippen LogP contribution in [0.5, 0.6) is 0 Å². The van der Waals surface area contributed by atoms with Crippen molar-refractivity contribution < 1.29 is 83.9 Å². The van der Waals surface area contributed by atoms with Crippen LogP contribution in [0.1, 0.15) is 99.8 Å². The van der Waals surface area contributed by atoms with Gasteiger partial charge in [0.15, 0.2) is 18.9 Å². The minimum atomic E-state index is -1.70. The van der Waals surface area contributed by atoms with Gasteiger partial charge in [0.1, 0.15) is 72.6 Å². The molecule has 358 valence electrons. The van der Waals surface area contributed by atoms with E-state index < -0.39 is 110 Å². The number of aliphatic hydroxyl groups is 9. The van der Waals surface area contributed by atoms with Crippen LogP contribution in [0.3, 0.4) is 0 Å². The number of hydrogen-bond donors (Lipinski definition) is 9. The first-order valence-electron chi connectivity index (χ1n) is 23.3. The first-order chi connectivity index (χ1) is 29.4. The number of esters is 1. The van der Waals surface area contributed by atoms with E-state index in [4.69, 9.17) is 33.2 Å². The predicted molar refractivity (Wildman–Crippen MR) is 218 cm³/mol. The van der Waals surface area contributed by atoms with E-state index in [9.17, 15) is 50.8 Å². The van der Waals surface area contributed by atoms with E-state index in [1.807, 2.05) is 0 Å². The standard InChI is InChI=1S/C46H72O17/c1-41(2)14-21-20-8-9-26-43(5)12-11-28(42(3,4)25(43)10-13-44(26,6)45(20,7)15-27(49)46(21)16-29(41)62-40(46)56)61-38-35(55)33(53)32(52)24(60-38)19-59-39-36(31(51)23(48)18-58-39)63-37-34(54)30(50)22(47)17-57-37/h8,21-39,47-55H,9-19H2,1-7H3/t21-,22+,23-,24+,25?,26?,27+,28-,29-,30-,31-,32+,33-,34+,35+,36+,37-,38-,39-,43-,44+,45+,46+/m0/s1. The first-order valence-corrected chi connectivity index (χ1v) is 23.3. The zero-order valence-corrected chi connectivity index (χ0v) is 37.6. The molecule has 63 heavy (non-hydrogen) atoms. The van der Waals surface area contributed by atoms with E-state index in [0.29, 0.717) is 19.3 Å². The van der Waals surface area contributed by atoms with Crippen LogP contribution in [-0.2, 0) is 38.0 Å². The Bertz CT molecular complexity index is 1780. The average Bonchev–Trinajstić information content (AvgIpc) is 3.54. The van der Waals surface area contributed by atoms with Gasteiger partial charge in [0.2, 0.25) is 0 Å². The van der Waals surface area contributed by atoms with E-state index >= 15 is 0 Å². The molecular formula is C46H72O17. The van der Waals surface area contributed by atoms with E-state index in [1.165, 1.54) is 5.57 Å². The number of allylic oxidation sites excluding steroid dienone is 2. The maximum atomic E-state index is 13.7. The summed E-state index contributed by atoms with van der Waals surface area (Å²) in [4.78, 5) is 13.7. The highest BCUT2D eigenvalue weighted by Crippen LogP contribution is 2.76. The molecule has 9 N–H and O–H groups in total. The summed E-state index contributed by atoms with van der Waals surface area (Å²) in [6.07, 6.45) is -12.4. The summed E-state index contributed by atoms with van der Waals surface area (Å²) in [6, 6.07) is 0. The number of hydrogen-bond acceptors (Lipinski definition) is 17. The average molecular weight is 897 g/mol. The van der Waals surface area contributed by atoms with Gasteiger partial charge < -0.3 is 79.1 Å². The molecule has 23 atom stereocenters. The Morgan fingerprint density at radius 1 is 0.698 bits per heavy atom. The van der Waals surface area contributed by atoms with Gasteiger partial charge in [0, 0.05) is 11.8 Å². The highest BCUT2D eigenvalue weighted by atomic mass is 16.8. The fourth-order valence-electron chi connectivity index (χ4n) is 15.0. The van der Waals surface area contributed by atoms with E-state index in [2.05, 4.69) is 54.5 Å². The zero-order chi connectivity index (χ0) is 45.6. The topological polar surface area (TPSA) is 264 Å². The fourth-order valence-corrected chi connectivity index (χ4v) is 15.0. The molecular weight excluding hydrogens is 824 g/mol. The van der Waals surface area contributed by atoms with Crippen molar-refractivity contribution in [1.82, 2.24) is 0 Å². The number of rotatable bonds is 7. The van der Waals surface area contributed by atoms with Crippen molar-refractivity contribution in [2.75, 3.05) is 19.8 Å². The molecule has 2 unspecified atom stereocenters. The predicted octanol–water partition coefficient (Wildman–Crippen LogP) is 0.406. The molecule has 0 radical (unpaired) electrons. The smallest absolute Gasteiger partial charge is 0.315 e. The van der Waals surface area contributed by atoms with Gasteiger partial charge in [0.05, 0.1) is 32.0 Å². The maximum Gasteiger partial charge on any atom is 0.315 e. The number of carbonyl (C=O) groups excluding carboxylic acids is 1. The summed E-state index contributed by atoms with van der Waals surface area (Å²) in [7, 11) is 0. The summed E-state index contributed by atoms with van der Waals surface area (Å²) < 4.78 is 41.4. The molecule has 9 rings (SSSR count). The maximum absolute atomic E-state index is 13.7. The Kier molecular flexibility index (Phi) is 11.7. The van der Waals surface area contributed by atoms with Crippen molar-refractivity contribution in [1.29, 1.82) is 0 Å². The molecule has 8 fully saturated rings. The SMILES string of the molecule is CC1(C)C[C@H]2C3=CCC4[C@@]5(C)CC[C@H](O[C@@H]6O[C@H](CO[C@@H]7OC[C@H](O)[C@H](O)[C@H]7O[C@@H]7OC[C@@H](O)[C@H](O)[C@H]7O)[C@@H](O)[C@H](O)[C@H]6O)C(C)(C)C5CC[C@@]4(C)[C@]3(C)C[C@@H](O)[C@@]23C[C@@H]1OC3=O. The Balaban J connectivity index is 0.896. The van der Waals surface area contributed by atoms with Crippen molar-refractivity contribution >= 4 is 5.97 Å². The fraction of sp³-hybridized carbons (Fsp3) is 0.935. The van der Waals surface area contributed by atoms with Gasteiger partial charge in [-0.3, -0.25) is 4.79 Å². The van der Waals surface area contributed by atoms with Crippen molar-refractivity contribution in [2.45, 2.75) is 198 Å². The molecule has 5 aliphatic carbocycles. The van der Waals surface area contributed by atoms with E-state index in [1.54, 1.807) is 0 Å². The molecule has 1 spiro atoms. The van der Waals surface area contributed by atoms with E-state index in [0.717, 1.165) is 32.1 Å². The molecule has 17 nitrogen and oxygen atoms in total. The van der Waals surface area contributed by atoms with Gasteiger partial charge in [-0.05, 0) is 84.4 Å². The van der Waals surface area contributed by atoms with Gasteiger partial charge in [-0.2, -0.15) is 0 Å². The minimum absolute atomic E-state index is 0.0677. The van der Waals surface area contributed by atoms with Crippen LogP contribution < -0.4 is 0 Å². The number of ether oxygens (including phenoxy) is 7. The summed E-state index contributed by atoms with van der Waals surface area (Å²) in [5.74, 6) is 0.186. The zero-order valence-electron chi connectivity index (χ0n) is 37.6. The molecule has 2 bridgehead atoms. The third-order valence-electron chi connectivity index (χ3n) is 19.0. The second kappa shape index (κ2) is 15.8. The lowest BCUT2D eigenvalue weighted by molar-refractivity contribution is -0.357. The van der Waals surface area contributed by atoms with Crippen LogP contribution in [0, 0.1) is 50.2 Å². The Morgan fingerprint density at radius 2 is 1.37 bits per heavy atom. The normalized spacial score (nSPS) is 56.0. The van der Waals surface area contributed by atoms with Gasteiger partial charge in [-0.1, -0.05) is 60.1 Å². The summed E-state index contributed by atoms with van der Waals surface area (Å²) in [5, 5.41) is 97.2. The molecule has 9 aliphatic rings. The van der Waals surface area contributed by atoms with Gasteiger partial charge in [-0.25, -0.2) is 0 Å².